The molecule has 2 aromatic heterocycles. The number of nitrogens with zero attached hydrogens (tertiary/aromatic N) is 5. The number of nitrogens with two attached hydrogens (primary N) is 2. The standard InChI is InChI=1S/C26H33BrN8O6/c1-2-34-19(9-30-26(39)21-24(28)32-25(29)23(27)31-21)35(10-14-5-4-8-40-14)15-6-3-7-18(22(15)34)41-13-20(38)33-11-16(36)17(37)12-33/h3,6-7,14,16-17,36-37H,2,4-5,8-13H2,1H3,(H4-,28,29,30,32,39)/p+1/t14?,16-,17?/m0/s1. The molecule has 1 aromatic carbocycles. The normalized spacial score (nSPS) is 20.6. The quantitative estimate of drug-likeness (QED) is 0.195. The molecule has 220 valence electrons. The van der Waals surface area contributed by atoms with Crippen molar-refractivity contribution in [3.8, 4) is 5.75 Å². The highest BCUT2D eigenvalue weighted by Crippen LogP contribution is 2.27. The Kier molecular flexibility index (Phi) is 8.58. The number of likely N-dealkylation sites (tertiary alicyclic amines) is 1. The van der Waals surface area contributed by atoms with Gasteiger partial charge in [-0.05, 0) is 47.8 Å². The number of aliphatic hydroxyl groups excluding tert-OH is 2. The number of fused-ring (bicyclic) bond motifs is 1. The van der Waals surface area contributed by atoms with E-state index in [0.717, 1.165) is 29.7 Å². The number of ether oxygens (including phenoxy) is 2. The summed E-state index contributed by atoms with van der Waals surface area (Å²) >= 11 is 3.19. The van der Waals surface area contributed by atoms with Gasteiger partial charge in [-0.2, -0.15) is 0 Å². The zero-order valence-electron chi connectivity index (χ0n) is 22.6. The molecule has 0 aliphatic carbocycles. The van der Waals surface area contributed by atoms with Gasteiger partial charge in [0.2, 0.25) is 5.52 Å². The fourth-order valence-electron chi connectivity index (χ4n) is 5.31. The average Bonchev–Trinajstić information content (AvgIpc) is 3.66. The van der Waals surface area contributed by atoms with Gasteiger partial charge in [0.15, 0.2) is 35.2 Å². The largest absolute Gasteiger partial charge is 0.479 e. The van der Waals surface area contributed by atoms with Crippen molar-refractivity contribution in [3.05, 3.63) is 34.3 Å². The lowest BCUT2D eigenvalue weighted by atomic mass is 10.2. The number of nitrogens with one attached hydrogen (secondary N) is 1. The molecule has 0 bridgehead atoms. The molecule has 2 aliphatic heterocycles. The van der Waals surface area contributed by atoms with E-state index >= 15 is 0 Å². The number of β-amino-alcohol motifs (C(OH)–C–C–N with tert-alkyl or cyclic N) is 2. The third-order valence-electron chi connectivity index (χ3n) is 7.38. The molecule has 0 spiro atoms. The highest BCUT2D eigenvalue weighted by atomic mass is 79.9. The van der Waals surface area contributed by atoms with Crippen molar-refractivity contribution >= 4 is 50.4 Å². The summed E-state index contributed by atoms with van der Waals surface area (Å²) in [6.07, 6.45) is -0.0280. The van der Waals surface area contributed by atoms with Crippen LogP contribution in [0.3, 0.4) is 0 Å². The molecule has 2 aliphatic rings. The number of nitrogen functional groups attached to an aromatic ring is 2. The third-order valence-corrected chi connectivity index (χ3v) is 7.96. The highest BCUT2D eigenvalue weighted by molar-refractivity contribution is 9.10. The van der Waals surface area contributed by atoms with E-state index < -0.39 is 18.1 Å². The van der Waals surface area contributed by atoms with Gasteiger partial charge in [-0.3, -0.25) is 9.59 Å². The Hall–Kier alpha value is -3.53. The zero-order chi connectivity index (χ0) is 29.3. The minimum Gasteiger partial charge on any atom is -0.479 e. The topological polar surface area (TPSA) is 195 Å². The maximum Gasteiger partial charge on any atom is 0.277 e. The number of rotatable bonds is 9. The molecular weight excluding hydrogens is 600 g/mol. The first-order valence-corrected chi connectivity index (χ1v) is 14.3. The summed E-state index contributed by atoms with van der Waals surface area (Å²) < 4.78 is 16.3. The van der Waals surface area contributed by atoms with Gasteiger partial charge in [0.25, 0.3) is 17.6 Å². The molecule has 0 radical (unpaired) electrons. The van der Waals surface area contributed by atoms with Gasteiger partial charge in [-0.15, -0.1) is 0 Å². The molecule has 5 rings (SSSR count). The number of hydrogen-bond acceptors (Lipinski definition) is 10. The van der Waals surface area contributed by atoms with Crippen LogP contribution in [0.15, 0.2) is 22.8 Å². The first-order chi connectivity index (χ1) is 19.7. The van der Waals surface area contributed by atoms with E-state index in [2.05, 4.69) is 35.8 Å². The van der Waals surface area contributed by atoms with E-state index in [1.54, 1.807) is 6.07 Å². The molecule has 2 unspecified atom stereocenters. The van der Waals surface area contributed by atoms with Crippen molar-refractivity contribution in [2.75, 3.05) is 37.8 Å². The van der Waals surface area contributed by atoms with Crippen molar-refractivity contribution in [3.63, 3.8) is 0 Å². The number of hydrogen-bond donors (Lipinski definition) is 5. The molecule has 41 heavy (non-hydrogen) atoms. The third kappa shape index (κ3) is 5.93. The number of imidazole rings is 1. The summed E-state index contributed by atoms with van der Waals surface area (Å²) in [6, 6.07) is 5.60. The first-order valence-electron chi connectivity index (χ1n) is 13.5. The fraction of sp³-hybridized carbons (Fsp3) is 0.500. The van der Waals surface area contributed by atoms with Crippen LogP contribution in [0.1, 0.15) is 36.1 Å². The van der Waals surface area contributed by atoms with Crippen LogP contribution in [0.4, 0.5) is 11.6 Å². The lowest BCUT2D eigenvalue weighted by Crippen LogP contribution is -2.41. The number of amides is 2. The van der Waals surface area contributed by atoms with E-state index in [1.807, 2.05) is 23.6 Å². The van der Waals surface area contributed by atoms with Crippen LogP contribution in [-0.2, 0) is 29.2 Å². The van der Waals surface area contributed by atoms with Crippen molar-refractivity contribution in [2.24, 2.45) is 0 Å². The van der Waals surface area contributed by atoms with Gasteiger partial charge in [0.1, 0.15) is 17.7 Å². The lowest BCUT2D eigenvalue weighted by Gasteiger charge is -2.15. The van der Waals surface area contributed by atoms with Crippen LogP contribution < -0.4 is 26.1 Å². The summed E-state index contributed by atoms with van der Waals surface area (Å²) in [5.41, 5.74) is 13.2. The van der Waals surface area contributed by atoms with E-state index in [-0.39, 0.29) is 60.2 Å². The Labute approximate surface area is 244 Å². The van der Waals surface area contributed by atoms with Crippen LogP contribution >= 0.6 is 15.9 Å². The molecule has 0 saturated carbocycles. The highest BCUT2D eigenvalue weighted by Gasteiger charge is 2.34. The predicted molar refractivity (Wildman–Crippen MR) is 151 cm³/mol. The predicted octanol–water partition coefficient (Wildman–Crippen LogP) is -0.283. The lowest BCUT2D eigenvalue weighted by molar-refractivity contribution is -0.676. The SMILES string of the molecule is CC[n+]1c(CNC(=O)c2nc(Br)c(N)nc2N)n(CC2CCCO2)c2cccc(OCC(=O)N3CC(O)[C@@H](O)C3)c21. The van der Waals surface area contributed by atoms with Crippen LogP contribution in [0.5, 0.6) is 5.75 Å². The average molecular weight is 635 g/mol. The molecule has 4 heterocycles. The van der Waals surface area contributed by atoms with Gasteiger partial charge < -0.3 is 41.4 Å². The van der Waals surface area contributed by atoms with Gasteiger partial charge >= 0.3 is 0 Å². The Morgan fingerprint density at radius 3 is 2.66 bits per heavy atom. The van der Waals surface area contributed by atoms with Crippen LogP contribution in [0, 0.1) is 0 Å². The molecule has 2 amide bonds. The molecule has 3 atom stereocenters. The van der Waals surface area contributed by atoms with Crippen molar-refractivity contribution < 1.29 is 33.8 Å². The number of para-hydroxylation sites is 1. The maximum atomic E-state index is 13.1. The summed E-state index contributed by atoms with van der Waals surface area (Å²) in [5, 5.41) is 22.5. The van der Waals surface area contributed by atoms with E-state index in [9.17, 15) is 19.8 Å². The van der Waals surface area contributed by atoms with Crippen LogP contribution in [-0.4, -0.2) is 86.1 Å². The van der Waals surface area contributed by atoms with Gasteiger partial charge in [-0.25, -0.2) is 19.1 Å². The number of anilines is 2. The smallest absolute Gasteiger partial charge is 0.277 e. The van der Waals surface area contributed by atoms with Crippen molar-refractivity contribution in [1.82, 2.24) is 24.8 Å². The van der Waals surface area contributed by atoms with E-state index in [1.165, 1.54) is 4.90 Å². The summed E-state index contributed by atoms with van der Waals surface area (Å²) in [4.78, 5) is 35.3. The molecule has 7 N–H and O–H groups in total. The number of carbonyl (C=O) groups is 2. The number of aromatic nitrogens is 4. The second-order valence-corrected chi connectivity index (χ2v) is 10.8. The van der Waals surface area contributed by atoms with Gasteiger partial charge in [0.05, 0.1) is 24.9 Å². The molecule has 2 fully saturated rings. The minimum atomic E-state index is -0.968. The number of halogens is 1. The first kappa shape index (κ1) is 29.0. The van der Waals surface area contributed by atoms with Gasteiger partial charge in [-0.1, -0.05) is 6.07 Å². The summed E-state index contributed by atoms with van der Waals surface area (Å²) in [5.74, 6) is 0.451. The van der Waals surface area contributed by atoms with E-state index in [4.69, 9.17) is 20.9 Å². The number of aliphatic hydroxyl groups is 2. The molecular formula is C26H34BrN8O6+. The van der Waals surface area contributed by atoms with Crippen molar-refractivity contribution in [2.45, 2.75) is 57.7 Å². The fourth-order valence-corrected chi connectivity index (χ4v) is 5.58. The number of aryl methyl sites for hydroxylation is 1. The van der Waals surface area contributed by atoms with Crippen LogP contribution in [0.2, 0.25) is 0 Å². The van der Waals surface area contributed by atoms with Crippen molar-refractivity contribution in [1.29, 1.82) is 0 Å². The second kappa shape index (κ2) is 12.1. The Morgan fingerprint density at radius 2 is 1.98 bits per heavy atom. The summed E-state index contributed by atoms with van der Waals surface area (Å²) in [7, 11) is 0. The Morgan fingerprint density at radius 1 is 1.22 bits per heavy atom. The number of carbonyl (C=O) groups excluding carboxylic acids is 2. The molecule has 2 saturated heterocycles. The molecule has 3 aromatic rings. The monoisotopic (exact) mass is 633 g/mol. The Balaban J connectivity index is 1.45. The minimum absolute atomic E-state index is 0.0131. The zero-order valence-corrected chi connectivity index (χ0v) is 24.2. The Bertz CT molecular complexity index is 1450. The maximum absolute atomic E-state index is 13.1. The second-order valence-electron chi connectivity index (χ2n) is 10.1. The number of benzene rings is 1. The van der Waals surface area contributed by atoms with Gasteiger partial charge in [0, 0.05) is 19.7 Å². The van der Waals surface area contributed by atoms with Crippen LogP contribution in [0.25, 0.3) is 11.0 Å². The molecule has 14 nitrogen and oxygen atoms in total. The molecule has 15 heteroatoms. The van der Waals surface area contributed by atoms with E-state index in [0.29, 0.717) is 25.4 Å². The summed E-state index contributed by atoms with van der Waals surface area (Å²) in [6.45, 7) is 3.80.